The van der Waals surface area contributed by atoms with Crippen LogP contribution in [0.4, 0.5) is 5.69 Å². The van der Waals surface area contributed by atoms with Crippen LogP contribution in [-0.2, 0) is 0 Å². The molecule has 0 saturated heterocycles. The maximum atomic E-state index is 12.5. The average molecular weight is 367 g/mol. The van der Waals surface area contributed by atoms with Gasteiger partial charge in [-0.3, -0.25) is 19.8 Å². The second-order valence-electron chi connectivity index (χ2n) is 6.39. The normalized spacial score (nSPS) is 11.1. The molecule has 26 heavy (non-hydrogen) atoms. The third-order valence-electron chi connectivity index (χ3n) is 4.01. The molecule has 1 aromatic carbocycles. The van der Waals surface area contributed by atoms with Crippen LogP contribution in [0.25, 0.3) is 0 Å². The number of ether oxygens (including phenoxy) is 2. The summed E-state index contributed by atoms with van der Waals surface area (Å²) in [5, 5.41) is 14.1. The van der Waals surface area contributed by atoms with E-state index in [0.717, 1.165) is 0 Å². The largest absolute Gasteiger partial charge is 0.493 e. The van der Waals surface area contributed by atoms with Gasteiger partial charge in [-0.2, -0.15) is 0 Å². The summed E-state index contributed by atoms with van der Waals surface area (Å²) in [6.07, 6.45) is 0. The smallest absolute Gasteiger partial charge is 0.286 e. The number of hydrogen-bond acceptors (Lipinski definition) is 6. The van der Waals surface area contributed by atoms with Crippen molar-refractivity contribution in [2.75, 3.05) is 26.8 Å². The van der Waals surface area contributed by atoms with Gasteiger partial charge in [-0.25, -0.2) is 0 Å². The van der Waals surface area contributed by atoms with E-state index in [2.05, 4.69) is 37.9 Å². The molecule has 1 amide bonds. The van der Waals surface area contributed by atoms with Crippen LogP contribution < -0.4 is 14.8 Å². The molecule has 0 aliphatic rings. The Morgan fingerprint density at radius 3 is 2.31 bits per heavy atom. The van der Waals surface area contributed by atoms with E-state index in [1.54, 1.807) is 6.92 Å². The number of rotatable bonds is 10. The minimum Gasteiger partial charge on any atom is -0.493 e. The molecule has 1 N–H and O–H groups in total. The monoisotopic (exact) mass is 367 g/mol. The number of benzene rings is 1. The molecule has 1 aromatic rings. The predicted octanol–water partition coefficient (Wildman–Crippen LogP) is 2.85. The number of amides is 1. The number of nitrogens with zero attached hydrogens (tertiary/aromatic N) is 2. The minimum absolute atomic E-state index is 0.0418. The molecule has 8 heteroatoms. The first-order chi connectivity index (χ1) is 12.2. The van der Waals surface area contributed by atoms with Crippen molar-refractivity contribution in [2.24, 2.45) is 0 Å². The summed E-state index contributed by atoms with van der Waals surface area (Å²) in [6.45, 7) is 11.5. The summed E-state index contributed by atoms with van der Waals surface area (Å²) < 4.78 is 10.5. The molecule has 0 fully saturated rings. The fourth-order valence-electron chi connectivity index (χ4n) is 2.82. The van der Waals surface area contributed by atoms with Crippen LogP contribution in [0.1, 0.15) is 45.0 Å². The average Bonchev–Trinajstić information content (AvgIpc) is 2.57. The van der Waals surface area contributed by atoms with E-state index in [4.69, 9.17) is 9.47 Å². The van der Waals surface area contributed by atoms with E-state index in [9.17, 15) is 14.9 Å². The lowest BCUT2D eigenvalue weighted by molar-refractivity contribution is -0.385. The first-order valence-electron chi connectivity index (χ1n) is 8.76. The molecule has 0 radical (unpaired) electrons. The molecule has 0 spiro atoms. The minimum atomic E-state index is -0.596. The maximum absolute atomic E-state index is 12.5. The number of nitro benzene ring substituents is 1. The molecule has 0 unspecified atom stereocenters. The first-order valence-corrected chi connectivity index (χ1v) is 8.76. The zero-order valence-electron chi connectivity index (χ0n) is 16.4. The van der Waals surface area contributed by atoms with Crippen molar-refractivity contribution in [3.63, 3.8) is 0 Å². The molecule has 0 bridgehead atoms. The second kappa shape index (κ2) is 9.96. The zero-order chi connectivity index (χ0) is 19.9. The number of carbonyl (C=O) groups excluding carboxylic acids is 1. The van der Waals surface area contributed by atoms with Gasteiger partial charge in [-0.15, -0.1) is 0 Å². The van der Waals surface area contributed by atoms with E-state index in [0.29, 0.717) is 37.5 Å². The van der Waals surface area contributed by atoms with Crippen molar-refractivity contribution >= 4 is 11.6 Å². The fourth-order valence-corrected chi connectivity index (χ4v) is 2.82. The summed E-state index contributed by atoms with van der Waals surface area (Å²) in [6, 6.07) is 3.26. The molecule has 1 rings (SSSR count). The zero-order valence-corrected chi connectivity index (χ0v) is 16.4. The van der Waals surface area contributed by atoms with Crippen LogP contribution >= 0.6 is 0 Å². The molecule has 8 nitrogen and oxygen atoms in total. The Morgan fingerprint density at radius 1 is 1.23 bits per heavy atom. The summed E-state index contributed by atoms with van der Waals surface area (Å²) in [5.41, 5.74) is -0.354. The van der Waals surface area contributed by atoms with Crippen LogP contribution in [-0.4, -0.2) is 54.6 Å². The van der Waals surface area contributed by atoms with Crippen LogP contribution in [0.15, 0.2) is 12.1 Å². The van der Waals surface area contributed by atoms with Gasteiger partial charge in [0.05, 0.1) is 24.7 Å². The van der Waals surface area contributed by atoms with Crippen molar-refractivity contribution in [3.8, 4) is 11.5 Å². The molecule has 146 valence electrons. The molecule has 0 atom stereocenters. The van der Waals surface area contributed by atoms with E-state index in [-0.39, 0.29) is 17.0 Å². The van der Waals surface area contributed by atoms with Gasteiger partial charge >= 0.3 is 0 Å². The highest BCUT2D eigenvalue weighted by atomic mass is 16.6. The Balaban J connectivity index is 2.99. The van der Waals surface area contributed by atoms with Gasteiger partial charge in [0.1, 0.15) is 5.56 Å². The lowest BCUT2D eigenvalue weighted by Gasteiger charge is -2.30. The third-order valence-corrected chi connectivity index (χ3v) is 4.01. The van der Waals surface area contributed by atoms with E-state index < -0.39 is 10.8 Å². The number of carbonyl (C=O) groups is 1. The molecule has 0 aromatic heterocycles. The van der Waals surface area contributed by atoms with Crippen molar-refractivity contribution in [1.82, 2.24) is 10.2 Å². The molecule has 0 saturated carbocycles. The number of hydrogen-bond donors (Lipinski definition) is 1. The number of nitro groups is 1. The predicted molar refractivity (Wildman–Crippen MR) is 100 cm³/mol. The summed E-state index contributed by atoms with van der Waals surface area (Å²) in [4.78, 5) is 25.5. The summed E-state index contributed by atoms with van der Waals surface area (Å²) >= 11 is 0. The molecule has 0 aliphatic heterocycles. The van der Waals surface area contributed by atoms with Gasteiger partial charge in [0.25, 0.3) is 11.6 Å². The number of methoxy groups -OCH3 is 1. The second-order valence-corrected chi connectivity index (χ2v) is 6.39. The van der Waals surface area contributed by atoms with Crippen LogP contribution in [0.3, 0.4) is 0 Å². The van der Waals surface area contributed by atoms with Crippen LogP contribution in [0, 0.1) is 10.1 Å². The van der Waals surface area contributed by atoms with Crippen molar-refractivity contribution < 1.29 is 19.2 Å². The molecule has 0 heterocycles. The Hall–Kier alpha value is -2.35. The Morgan fingerprint density at radius 2 is 1.85 bits per heavy atom. The van der Waals surface area contributed by atoms with Crippen molar-refractivity contribution in [2.45, 2.75) is 46.7 Å². The lowest BCUT2D eigenvalue weighted by atomic mass is 10.1. The summed E-state index contributed by atoms with van der Waals surface area (Å²) in [7, 11) is 1.40. The van der Waals surface area contributed by atoms with Crippen LogP contribution in [0.2, 0.25) is 0 Å². The van der Waals surface area contributed by atoms with Gasteiger partial charge in [-0.1, -0.05) is 0 Å². The first kappa shape index (κ1) is 21.7. The van der Waals surface area contributed by atoms with Gasteiger partial charge in [-0.05, 0) is 34.6 Å². The van der Waals surface area contributed by atoms with Crippen molar-refractivity contribution in [1.29, 1.82) is 0 Å². The molecular weight excluding hydrogens is 338 g/mol. The highest BCUT2D eigenvalue weighted by Gasteiger charge is 2.25. The van der Waals surface area contributed by atoms with E-state index in [1.165, 1.54) is 19.2 Å². The molecular formula is C18H29N3O5. The number of nitrogens with one attached hydrogen (secondary N) is 1. The highest BCUT2D eigenvalue weighted by Crippen LogP contribution is 2.34. The maximum Gasteiger partial charge on any atom is 0.286 e. The highest BCUT2D eigenvalue weighted by molar-refractivity contribution is 5.99. The van der Waals surface area contributed by atoms with Gasteiger partial charge < -0.3 is 14.8 Å². The van der Waals surface area contributed by atoms with Gasteiger partial charge in [0, 0.05) is 31.2 Å². The van der Waals surface area contributed by atoms with E-state index in [1.807, 2.05) is 0 Å². The lowest BCUT2D eigenvalue weighted by Crippen LogP contribution is -2.42. The standard InChI is InChI=1S/C18H29N3O5/c1-7-26-17-10-14(15(21(23)24)11-16(17)25-6)18(22)19-8-9-20(12(2)3)13(4)5/h10-13H,7-9H2,1-6H3,(H,19,22). The van der Waals surface area contributed by atoms with Gasteiger partial charge in [0.15, 0.2) is 11.5 Å². The topological polar surface area (TPSA) is 93.9 Å². The SMILES string of the molecule is CCOc1cc(C(=O)NCCN(C(C)C)C(C)C)c([N+](=O)[O-])cc1OC. The molecule has 0 aliphatic carbocycles. The quantitative estimate of drug-likeness (QED) is 0.505. The summed E-state index contributed by atoms with van der Waals surface area (Å²) in [5.74, 6) is 0.0189. The Labute approximate surface area is 154 Å². The fraction of sp³-hybridized carbons (Fsp3) is 0.611. The van der Waals surface area contributed by atoms with E-state index >= 15 is 0 Å². The third kappa shape index (κ3) is 5.59. The Bertz CT molecular complexity index is 623. The van der Waals surface area contributed by atoms with Crippen LogP contribution in [0.5, 0.6) is 11.5 Å². The Kier molecular flexibility index (Phi) is 8.31. The van der Waals surface area contributed by atoms with Crippen molar-refractivity contribution in [3.05, 3.63) is 27.8 Å². The van der Waals surface area contributed by atoms with Gasteiger partial charge in [0.2, 0.25) is 0 Å².